The third-order valence-electron chi connectivity index (χ3n) is 11.2. The Morgan fingerprint density at radius 1 is 0.415 bits per heavy atom. The second-order valence-electron chi connectivity index (χ2n) is 14.5. The van der Waals surface area contributed by atoms with Crippen LogP contribution in [0.25, 0.3) is 89.2 Å². The van der Waals surface area contributed by atoms with Crippen LogP contribution in [0.3, 0.4) is 0 Å². The van der Waals surface area contributed by atoms with Crippen molar-refractivity contribution >= 4 is 43.6 Å². The Bertz CT molecular complexity index is 3020. The number of aromatic nitrogens is 5. The van der Waals surface area contributed by atoms with E-state index in [0.717, 1.165) is 33.2 Å². The number of hydrogen-bond acceptors (Lipinski definition) is 3. The number of benzene rings is 7. The maximum absolute atomic E-state index is 5.17. The van der Waals surface area contributed by atoms with E-state index in [-0.39, 0.29) is 5.41 Å². The van der Waals surface area contributed by atoms with Crippen molar-refractivity contribution in [1.29, 1.82) is 0 Å². The van der Waals surface area contributed by atoms with Gasteiger partial charge in [0.2, 0.25) is 5.95 Å². The Balaban J connectivity index is 1.20. The van der Waals surface area contributed by atoms with Crippen molar-refractivity contribution in [2.45, 2.75) is 19.3 Å². The fraction of sp³-hybridized carbons (Fsp3) is 0.0625. The van der Waals surface area contributed by atoms with E-state index < -0.39 is 0 Å². The zero-order valence-corrected chi connectivity index (χ0v) is 29.3. The van der Waals surface area contributed by atoms with Gasteiger partial charge in [-0.2, -0.15) is 9.97 Å². The van der Waals surface area contributed by atoms with Gasteiger partial charge >= 0.3 is 0 Å². The monoisotopic (exact) mass is 679 g/mol. The van der Waals surface area contributed by atoms with E-state index in [1.165, 1.54) is 49.4 Å². The van der Waals surface area contributed by atoms with Gasteiger partial charge in [-0.3, -0.25) is 4.57 Å². The first-order chi connectivity index (χ1) is 26.1. The van der Waals surface area contributed by atoms with Crippen molar-refractivity contribution in [2.24, 2.45) is 0 Å². The van der Waals surface area contributed by atoms with Crippen LogP contribution in [0.2, 0.25) is 0 Å². The molecule has 0 amide bonds. The van der Waals surface area contributed by atoms with E-state index >= 15 is 0 Å². The lowest BCUT2D eigenvalue weighted by Gasteiger charge is -2.22. The lowest BCUT2D eigenvalue weighted by molar-refractivity contribution is 0.660. The average Bonchev–Trinajstić information content (AvgIpc) is 3.81. The van der Waals surface area contributed by atoms with Crippen LogP contribution in [-0.4, -0.2) is 24.1 Å². The van der Waals surface area contributed by atoms with E-state index in [1.807, 2.05) is 36.4 Å². The lowest BCUT2D eigenvalue weighted by atomic mass is 9.82. The molecule has 250 valence electrons. The molecule has 0 spiro atoms. The zero-order valence-electron chi connectivity index (χ0n) is 29.3. The second kappa shape index (κ2) is 11.1. The Morgan fingerprint density at radius 3 is 1.57 bits per heavy atom. The number of rotatable bonds is 4. The number of fused-ring (bicyclic) bond motifs is 10. The Labute approximate surface area is 306 Å². The number of nitrogens with zero attached hydrogens (tertiary/aromatic N) is 5. The third-order valence-corrected chi connectivity index (χ3v) is 11.2. The maximum Gasteiger partial charge on any atom is 0.238 e. The molecule has 0 unspecified atom stereocenters. The summed E-state index contributed by atoms with van der Waals surface area (Å²) in [6.45, 7) is 4.69. The van der Waals surface area contributed by atoms with Gasteiger partial charge in [0.15, 0.2) is 11.6 Å². The van der Waals surface area contributed by atoms with Crippen molar-refractivity contribution in [1.82, 2.24) is 24.1 Å². The fourth-order valence-corrected chi connectivity index (χ4v) is 8.74. The lowest BCUT2D eigenvalue weighted by Crippen LogP contribution is -2.15. The van der Waals surface area contributed by atoms with Gasteiger partial charge in [0.1, 0.15) is 0 Å². The summed E-state index contributed by atoms with van der Waals surface area (Å²) in [6, 6.07) is 58.1. The molecule has 10 aromatic rings. The Hall–Kier alpha value is -6.85. The van der Waals surface area contributed by atoms with Gasteiger partial charge in [-0.15, -0.1) is 0 Å². The minimum absolute atomic E-state index is 0.0941. The molecule has 0 bridgehead atoms. The first-order valence-corrected chi connectivity index (χ1v) is 18.1. The van der Waals surface area contributed by atoms with Crippen LogP contribution < -0.4 is 0 Å². The molecule has 0 saturated heterocycles. The molecular weight excluding hydrogens is 647 g/mol. The Kier molecular flexibility index (Phi) is 6.23. The fourth-order valence-electron chi connectivity index (χ4n) is 8.74. The largest absolute Gasteiger partial charge is 0.309 e. The van der Waals surface area contributed by atoms with E-state index in [9.17, 15) is 0 Å². The van der Waals surface area contributed by atoms with Gasteiger partial charge in [-0.25, -0.2) is 4.98 Å². The normalized spacial score (nSPS) is 13.2. The summed E-state index contributed by atoms with van der Waals surface area (Å²) in [5.74, 6) is 1.87. The van der Waals surface area contributed by atoms with E-state index in [0.29, 0.717) is 17.6 Å². The summed E-state index contributed by atoms with van der Waals surface area (Å²) in [5, 5.41) is 4.77. The molecule has 3 aromatic heterocycles. The average molecular weight is 680 g/mol. The summed E-state index contributed by atoms with van der Waals surface area (Å²) >= 11 is 0. The highest BCUT2D eigenvalue weighted by atomic mass is 15.2. The molecule has 0 aliphatic heterocycles. The van der Waals surface area contributed by atoms with Crippen LogP contribution >= 0.6 is 0 Å². The van der Waals surface area contributed by atoms with Crippen molar-refractivity contribution < 1.29 is 0 Å². The highest BCUT2D eigenvalue weighted by molar-refractivity contribution is 6.28. The smallest absolute Gasteiger partial charge is 0.238 e. The molecule has 0 saturated carbocycles. The van der Waals surface area contributed by atoms with Crippen molar-refractivity contribution in [3.05, 3.63) is 175 Å². The predicted octanol–water partition coefficient (Wildman–Crippen LogP) is 11.7. The molecule has 1 aliphatic carbocycles. The summed E-state index contributed by atoms with van der Waals surface area (Å²) in [4.78, 5) is 15.3. The standard InChI is InChI=1S/C48H33N5/c1-48(2)37-22-12-9-19-33(37)34-26-25-32(29-38(34)48)52-39-23-13-10-20-35(39)43-41(52)27-28-42-44(43)36-21-11-14-24-40(36)53(42)47-50-45(30-15-5-3-6-16-30)49-46(51-47)31-17-7-4-8-18-31/h3-29H,1-2H3. The molecule has 3 heterocycles. The topological polar surface area (TPSA) is 48.5 Å². The molecule has 7 aromatic carbocycles. The highest BCUT2D eigenvalue weighted by Crippen LogP contribution is 2.50. The highest BCUT2D eigenvalue weighted by Gasteiger charge is 2.35. The second-order valence-corrected chi connectivity index (χ2v) is 14.5. The van der Waals surface area contributed by atoms with Crippen molar-refractivity contribution in [2.75, 3.05) is 0 Å². The van der Waals surface area contributed by atoms with E-state index in [2.05, 4.69) is 150 Å². The van der Waals surface area contributed by atoms with Crippen LogP contribution in [0, 0.1) is 0 Å². The van der Waals surface area contributed by atoms with Gasteiger partial charge in [0.25, 0.3) is 0 Å². The van der Waals surface area contributed by atoms with Crippen LogP contribution in [0.15, 0.2) is 164 Å². The van der Waals surface area contributed by atoms with Crippen LogP contribution in [0.1, 0.15) is 25.0 Å². The molecule has 53 heavy (non-hydrogen) atoms. The van der Waals surface area contributed by atoms with E-state index in [4.69, 9.17) is 15.0 Å². The molecule has 5 heteroatoms. The van der Waals surface area contributed by atoms with Gasteiger partial charge < -0.3 is 4.57 Å². The molecule has 0 radical (unpaired) electrons. The SMILES string of the molecule is CC1(C)c2ccccc2-c2ccc(-n3c4ccccc4c4c5c6ccccc6n(-c6nc(-c7ccccc7)nc(-c7ccccc7)n6)c5ccc43)cc21. The molecule has 1 aliphatic rings. The van der Waals surface area contributed by atoms with Gasteiger partial charge in [-0.05, 0) is 58.7 Å². The summed E-state index contributed by atoms with van der Waals surface area (Å²) in [6.07, 6.45) is 0. The summed E-state index contributed by atoms with van der Waals surface area (Å²) < 4.78 is 4.66. The predicted molar refractivity (Wildman–Crippen MR) is 217 cm³/mol. The number of hydrogen-bond donors (Lipinski definition) is 0. The first kappa shape index (κ1) is 29.8. The summed E-state index contributed by atoms with van der Waals surface area (Å²) in [7, 11) is 0. The quantitative estimate of drug-likeness (QED) is 0.186. The van der Waals surface area contributed by atoms with Gasteiger partial charge in [0.05, 0.1) is 22.1 Å². The van der Waals surface area contributed by atoms with Crippen LogP contribution in [-0.2, 0) is 5.41 Å². The molecule has 0 atom stereocenters. The molecule has 0 N–H and O–H groups in total. The van der Waals surface area contributed by atoms with Gasteiger partial charge in [0, 0.05) is 43.8 Å². The van der Waals surface area contributed by atoms with Crippen LogP contribution in [0.5, 0.6) is 0 Å². The van der Waals surface area contributed by atoms with E-state index in [1.54, 1.807) is 0 Å². The summed E-state index contributed by atoms with van der Waals surface area (Å²) in [5.41, 5.74) is 12.8. The number of para-hydroxylation sites is 2. The maximum atomic E-state index is 5.17. The molecule has 11 rings (SSSR count). The third kappa shape index (κ3) is 4.28. The van der Waals surface area contributed by atoms with Crippen LogP contribution in [0.4, 0.5) is 0 Å². The Morgan fingerprint density at radius 2 is 0.925 bits per heavy atom. The molecule has 5 nitrogen and oxygen atoms in total. The van der Waals surface area contributed by atoms with Gasteiger partial charge in [-0.1, -0.05) is 141 Å². The first-order valence-electron chi connectivity index (χ1n) is 18.1. The zero-order chi connectivity index (χ0) is 35.3. The minimum atomic E-state index is -0.0941. The molecular formula is C48H33N5. The minimum Gasteiger partial charge on any atom is -0.309 e. The molecule has 0 fully saturated rings. The van der Waals surface area contributed by atoms with Crippen molar-refractivity contribution in [3.63, 3.8) is 0 Å². The van der Waals surface area contributed by atoms with Crippen molar-refractivity contribution in [3.8, 4) is 45.5 Å².